The fraction of sp³-hybridized carbons (Fsp3) is 1.00. The molecule has 0 aromatic rings. The molecule has 0 amide bonds. The summed E-state index contributed by atoms with van der Waals surface area (Å²) < 4.78 is 5.45. The van der Waals surface area contributed by atoms with Crippen LogP contribution in [0.4, 0.5) is 0 Å². The Balaban J connectivity index is 1.99. The van der Waals surface area contributed by atoms with Crippen molar-refractivity contribution in [2.24, 2.45) is 5.92 Å². The zero-order valence-corrected chi connectivity index (χ0v) is 8.62. The van der Waals surface area contributed by atoms with Crippen molar-refractivity contribution in [2.45, 2.75) is 38.9 Å². The van der Waals surface area contributed by atoms with E-state index in [-0.39, 0.29) is 6.10 Å². The highest BCUT2D eigenvalue weighted by molar-refractivity contribution is 4.74. The summed E-state index contributed by atoms with van der Waals surface area (Å²) in [4.78, 5) is 0. The monoisotopic (exact) mass is 187 g/mol. The molecule has 0 radical (unpaired) electrons. The van der Waals surface area contributed by atoms with Crippen molar-refractivity contribution in [2.75, 3.05) is 19.7 Å². The molecular formula is C10H21NO2. The Labute approximate surface area is 80.5 Å². The lowest BCUT2D eigenvalue weighted by molar-refractivity contribution is 0.105. The van der Waals surface area contributed by atoms with Crippen LogP contribution >= 0.6 is 0 Å². The number of aliphatic hydroxyl groups is 1. The highest BCUT2D eigenvalue weighted by Crippen LogP contribution is 2.19. The molecule has 0 aromatic heterocycles. The highest BCUT2D eigenvalue weighted by atomic mass is 16.5. The van der Waals surface area contributed by atoms with E-state index in [2.05, 4.69) is 12.2 Å². The topological polar surface area (TPSA) is 41.5 Å². The summed E-state index contributed by atoms with van der Waals surface area (Å²) in [5.74, 6) is 0.661. The lowest BCUT2D eigenvalue weighted by atomic mass is 10.0. The minimum atomic E-state index is -0.190. The van der Waals surface area contributed by atoms with E-state index in [0.717, 1.165) is 26.1 Å². The third-order valence-electron chi connectivity index (χ3n) is 2.68. The predicted octanol–water partition coefficient (Wildman–Crippen LogP) is 0.772. The van der Waals surface area contributed by atoms with Gasteiger partial charge in [0.25, 0.3) is 0 Å². The Morgan fingerprint density at radius 1 is 1.62 bits per heavy atom. The first kappa shape index (κ1) is 11.0. The Hall–Kier alpha value is -0.120. The SMILES string of the molecule is CC(O)CCNCC1CCOC1C. The molecular weight excluding hydrogens is 166 g/mol. The van der Waals surface area contributed by atoms with Gasteiger partial charge in [-0.05, 0) is 39.2 Å². The summed E-state index contributed by atoms with van der Waals surface area (Å²) in [6.45, 7) is 6.79. The molecule has 0 saturated carbocycles. The number of nitrogens with one attached hydrogen (secondary N) is 1. The third kappa shape index (κ3) is 4.07. The Morgan fingerprint density at radius 3 is 2.92 bits per heavy atom. The molecule has 1 aliphatic rings. The lowest BCUT2D eigenvalue weighted by Crippen LogP contribution is -2.28. The van der Waals surface area contributed by atoms with Crippen LogP contribution in [-0.4, -0.2) is 37.0 Å². The van der Waals surface area contributed by atoms with Gasteiger partial charge in [-0.25, -0.2) is 0 Å². The summed E-state index contributed by atoms with van der Waals surface area (Å²) in [5, 5.41) is 12.4. The second-order valence-electron chi connectivity index (χ2n) is 3.97. The van der Waals surface area contributed by atoms with Crippen LogP contribution in [0.15, 0.2) is 0 Å². The quantitative estimate of drug-likeness (QED) is 0.625. The number of hydrogen-bond donors (Lipinski definition) is 2. The first-order valence-corrected chi connectivity index (χ1v) is 5.20. The fourth-order valence-corrected chi connectivity index (χ4v) is 1.64. The molecule has 0 bridgehead atoms. The van der Waals surface area contributed by atoms with Crippen LogP contribution in [0, 0.1) is 5.92 Å². The molecule has 3 atom stereocenters. The molecule has 3 nitrogen and oxygen atoms in total. The van der Waals surface area contributed by atoms with E-state index in [1.807, 2.05) is 6.92 Å². The van der Waals surface area contributed by atoms with Gasteiger partial charge >= 0.3 is 0 Å². The van der Waals surface area contributed by atoms with E-state index < -0.39 is 0 Å². The molecule has 1 fully saturated rings. The third-order valence-corrected chi connectivity index (χ3v) is 2.68. The maximum Gasteiger partial charge on any atom is 0.0588 e. The van der Waals surface area contributed by atoms with Crippen LogP contribution in [0.2, 0.25) is 0 Å². The molecule has 3 unspecified atom stereocenters. The van der Waals surface area contributed by atoms with E-state index >= 15 is 0 Å². The van der Waals surface area contributed by atoms with Crippen LogP contribution in [0.5, 0.6) is 0 Å². The summed E-state index contributed by atoms with van der Waals surface area (Å²) >= 11 is 0. The van der Waals surface area contributed by atoms with Gasteiger partial charge in [0.1, 0.15) is 0 Å². The largest absolute Gasteiger partial charge is 0.393 e. The van der Waals surface area contributed by atoms with Gasteiger partial charge in [0.15, 0.2) is 0 Å². The van der Waals surface area contributed by atoms with Crippen molar-refractivity contribution in [1.29, 1.82) is 0 Å². The maximum absolute atomic E-state index is 9.03. The molecule has 1 heterocycles. The second-order valence-corrected chi connectivity index (χ2v) is 3.97. The van der Waals surface area contributed by atoms with Gasteiger partial charge in [-0.2, -0.15) is 0 Å². The van der Waals surface area contributed by atoms with Crippen molar-refractivity contribution in [3.8, 4) is 0 Å². The first-order valence-electron chi connectivity index (χ1n) is 5.20. The minimum absolute atomic E-state index is 0.190. The van der Waals surface area contributed by atoms with Crippen molar-refractivity contribution in [3.05, 3.63) is 0 Å². The van der Waals surface area contributed by atoms with Crippen LogP contribution in [0.3, 0.4) is 0 Å². The number of rotatable bonds is 5. The summed E-state index contributed by atoms with van der Waals surface area (Å²) in [6.07, 6.45) is 2.22. The molecule has 13 heavy (non-hydrogen) atoms. The zero-order chi connectivity index (χ0) is 9.68. The van der Waals surface area contributed by atoms with Gasteiger partial charge in [0.2, 0.25) is 0 Å². The summed E-state index contributed by atoms with van der Waals surface area (Å²) in [5.41, 5.74) is 0. The van der Waals surface area contributed by atoms with Crippen molar-refractivity contribution in [1.82, 2.24) is 5.32 Å². The zero-order valence-electron chi connectivity index (χ0n) is 8.62. The van der Waals surface area contributed by atoms with Gasteiger partial charge in [-0.3, -0.25) is 0 Å². The minimum Gasteiger partial charge on any atom is -0.393 e. The highest BCUT2D eigenvalue weighted by Gasteiger charge is 2.23. The van der Waals surface area contributed by atoms with E-state index in [4.69, 9.17) is 9.84 Å². The first-order chi connectivity index (χ1) is 6.20. The molecule has 0 aliphatic carbocycles. The van der Waals surface area contributed by atoms with E-state index in [9.17, 15) is 0 Å². The van der Waals surface area contributed by atoms with Crippen molar-refractivity contribution >= 4 is 0 Å². The van der Waals surface area contributed by atoms with Gasteiger partial charge in [0, 0.05) is 13.2 Å². The summed E-state index contributed by atoms with van der Waals surface area (Å²) in [6, 6.07) is 0. The van der Waals surface area contributed by atoms with E-state index in [1.165, 1.54) is 6.42 Å². The fourth-order valence-electron chi connectivity index (χ4n) is 1.64. The number of ether oxygens (including phenoxy) is 1. The molecule has 2 N–H and O–H groups in total. The van der Waals surface area contributed by atoms with Gasteiger partial charge in [0.05, 0.1) is 12.2 Å². The molecule has 1 rings (SSSR count). The predicted molar refractivity (Wildman–Crippen MR) is 52.7 cm³/mol. The molecule has 0 aromatic carbocycles. The number of hydrogen-bond acceptors (Lipinski definition) is 3. The van der Waals surface area contributed by atoms with Crippen molar-refractivity contribution < 1.29 is 9.84 Å². The van der Waals surface area contributed by atoms with Crippen LogP contribution in [0.25, 0.3) is 0 Å². The molecule has 78 valence electrons. The van der Waals surface area contributed by atoms with Gasteiger partial charge in [-0.1, -0.05) is 0 Å². The van der Waals surface area contributed by atoms with E-state index in [0.29, 0.717) is 12.0 Å². The molecule has 0 spiro atoms. The van der Waals surface area contributed by atoms with Crippen LogP contribution in [-0.2, 0) is 4.74 Å². The standard InChI is InChI=1S/C10H21NO2/c1-8(12)3-5-11-7-10-4-6-13-9(10)2/h8-12H,3-7H2,1-2H3. The van der Waals surface area contributed by atoms with Gasteiger partial charge < -0.3 is 15.2 Å². The smallest absolute Gasteiger partial charge is 0.0588 e. The molecule has 3 heteroatoms. The second kappa shape index (κ2) is 5.58. The molecule has 1 saturated heterocycles. The Morgan fingerprint density at radius 2 is 2.38 bits per heavy atom. The average Bonchev–Trinajstić information content (AvgIpc) is 2.45. The van der Waals surface area contributed by atoms with Gasteiger partial charge in [-0.15, -0.1) is 0 Å². The van der Waals surface area contributed by atoms with Crippen molar-refractivity contribution in [3.63, 3.8) is 0 Å². The molecule has 1 aliphatic heterocycles. The maximum atomic E-state index is 9.03. The Bertz CT molecular complexity index is 139. The van der Waals surface area contributed by atoms with E-state index in [1.54, 1.807) is 0 Å². The normalized spacial score (nSPS) is 30.7. The van der Waals surface area contributed by atoms with Crippen LogP contribution < -0.4 is 5.32 Å². The summed E-state index contributed by atoms with van der Waals surface area (Å²) in [7, 11) is 0. The number of aliphatic hydroxyl groups excluding tert-OH is 1. The Kier molecular flexibility index (Phi) is 4.70. The van der Waals surface area contributed by atoms with Crippen LogP contribution in [0.1, 0.15) is 26.7 Å². The lowest BCUT2D eigenvalue weighted by Gasteiger charge is -2.14. The average molecular weight is 187 g/mol.